The standard InChI is InChI=1S/C15H22ClNO/c1-10(2)7-14(17)4-3-11-8-13(16)9-12-5-6-18-15(11)12/h8-10,14H,3-7,17H2,1-2H3. The fourth-order valence-electron chi connectivity index (χ4n) is 2.60. The highest BCUT2D eigenvalue weighted by molar-refractivity contribution is 6.30. The van der Waals surface area contributed by atoms with E-state index in [0.717, 1.165) is 43.1 Å². The lowest BCUT2D eigenvalue weighted by molar-refractivity contribution is 0.352. The third-order valence-electron chi connectivity index (χ3n) is 3.38. The van der Waals surface area contributed by atoms with Gasteiger partial charge in [-0.15, -0.1) is 0 Å². The molecule has 1 aromatic rings. The lowest BCUT2D eigenvalue weighted by Gasteiger charge is -2.15. The van der Waals surface area contributed by atoms with Gasteiger partial charge in [-0.2, -0.15) is 0 Å². The molecule has 18 heavy (non-hydrogen) atoms. The molecule has 1 aliphatic heterocycles. The van der Waals surface area contributed by atoms with E-state index in [4.69, 9.17) is 22.1 Å². The Labute approximate surface area is 114 Å². The molecular formula is C15H22ClNO. The van der Waals surface area contributed by atoms with Crippen LogP contribution in [0.1, 0.15) is 37.8 Å². The van der Waals surface area contributed by atoms with Gasteiger partial charge in [0.1, 0.15) is 5.75 Å². The van der Waals surface area contributed by atoms with Crippen molar-refractivity contribution in [2.24, 2.45) is 11.7 Å². The second kappa shape index (κ2) is 5.94. The van der Waals surface area contributed by atoms with Crippen molar-refractivity contribution in [3.63, 3.8) is 0 Å². The van der Waals surface area contributed by atoms with E-state index in [-0.39, 0.29) is 6.04 Å². The number of halogens is 1. The zero-order valence-electron chi connectivity index (χ0n) is 11.2. The maximum Gasteiger partial charge on any atom is 0.125 e. The molecule has 0 fully saturated rings. The van der Waals surface area contributed by atoms with Crippen molar-refractivity contribution < 1.29 is 4.74 Å². The lowest BCUT2D eigenvalue weighted by Crippen LogP contribution is -2.22. The predicted molar refractivity (Wildman–Crippen MR) is 76.4 cm³/mol. The summed E-state index contributed by atoms with van der Waals surface area (Å²) in [6.07, 6.45) is 4.00. The first kappa shape index (κ1) is 13.7. The SMILES string of the molecule is CC(C)CC(N)CCc1cc(Cl)cc2c1OCC2. The summed E-state index contributed by atoms with van der Waals surface area (Å²) in [6.45, 7) is 5.20. The van der Waals surface area contributed by atoms with Crippen LogP contribution in [0, 0.1) is 5.92 Å². The molecule has 0 saturated heterocycles. The molecule has 2 rings (SSSR count). The highest BCUT2D eigenvalue weighted by Gasteiger charge is 2.18. The molecule has 1 unspecified atom stereocenters. The third-order valence-corrected chi connectivity index (χ3v) is 3.60. The minimum absolute atomic E-state index is 0.265. The lowest BCUT2D eigenvalue weighted by atomic mass is 9.97. The highest BCUT2D eigenvalue weighted by atomic mass is 35.5. The Morgan fingerprint density at radius 1 is 1.39 bits per heavy atom. The molecule has 0 spiro atoms. The number of fused-ring (bicyclic) bond motifs is 1. The molecule has 2 nitrogen and oxygen atoms in total. The summed E-state index contributed by atoms with van der Waals surface area (Å²) in [7, 11) is 0. The van der Waals surface area contributed by atoms with Crippen LogP contribution in [0.2, 0.25) is 5.02 Å². The van der Waals surface area contributed by atoms with Crippen LogP contribution in [0.15, 0.2) is 12.1 Å². The maximum absolute atomic E-state index is 6.14. The van der Waals surface area contributed by atoms with Gasteiger partial charge in [0.2, 0.25) is 0 Å². The molecule has 100 valence electrons. The second-order valence-corrected chi connectivity index (χ2v) is 6.02. The van der Waals surface area contributed by atoms with E-state index in [1.807, 2.05) is 12.1 Å². The van der Waals surface area contributed by atoms with Crippen molar-refractivity contribution in [3.8, 4) is 5.75 Å². The first-order chi connectivity index (χ1) is 8.56. The van der Waals surface area contributed by atoms with E-state index < -0.39 is 0 Å². The van der Waals surface area contributed by atoms with E-state index in [9.17, 15) is 0 Å². The van der Waals surface area contributed by atoms with Gasteiger partial charge in [0.25, 0.3) is 0 Å². The zero-order chi connectivity index (χ0) is 13.1. The molecule has 2 N–H and O–H groups in total. The Morgan fingerprint density at radius 2 is 2.17 bits per heavy atom. The Morgan fingerprint density at radius 3 is 2.89 bits per heavy atom. The number of ether oxygens (including phenoxy) is 1. The van der Waals surface area contributed by atoms with E-state index in [0.29, 0.717) is 5.92 Å². The van der Waals surface area contributed by atoms with E-state index in [2.05, 4.69) is 13.8 Å². The Hall–Kier alpha value is -0.730. The van der Waals surface area contributed by atoms with Crippen LogP contribution in [0.5, 0.6) is 5.75 Å². The number of aryl methyl sites for hydroxylation is 1. The summed E-state index contributed by atoms with van der Waals surface area (Å²) in [6, 6.07) is 4.30. The molecule has 0 amide bonds. The predicted octanol–water partition coefficient (Wildman–Crippen LogP) is 3.58. The average Bonchev–Trinajstić information content (AvgIpc) is 2.72. The van der Waals surface area contributed by atoms with Crippen molar-refractivity contribution in [3.05, 3.63) is 28.3 Å². The number of rotatable bonds is 5. The molecule has 1 aliphatic rings. The van der Waals surface area contributed by atoms with Crippen LogP contribution in [0.3, 0.4) is 0 Å². The van der Waals surface area contributed by atoms with Gasteiger partial charge in [-0.05, 0) is 48.4 Å². The summed E-state index contributed by atoms with van der Waals surface area (Å²) < 4.78 is 5.70. The molecular weight excluding hydrogens is 246 g/mol. The minimum atomic E-state index is 0.265. The fourth-order valence-corrected chi connectivity index (χ4v) is 2.86. The number of hydrogen-bond donors (Lipinski definition) is 1. The van der Waals surface area contributed by atoms with Crippen molar-refractivity contribution >= 4 is 11.6 Å². The van der Waals surface area contributed by atoms with Crippen molar-refractivity contribution in [2.45, 2.75) is 45.6 Å². The van der Waals surface area contributed by atoms with Gasteiger partial charge in [-0.1, -0.05) is 25.4 Å². The van der Waals surface area contributed by atoms with E-state index in [1.54, 1.807) is 0 Å². The molecule has 3 heteroatoms. The number of benzene rings is 1. The first-order valence-corrected chi connectivity index (χ1v) is 7.13. The topological polar surface area (TPSA) is 35.2 Å². The van der Waals surface area contributed by atoms with Gasteiger partial charge in [0.15, 0.2) is 0 Å². The molecule has 0 saturated carbocycles. The average molecular weight is 268 g/mol. The fraction of sp³-hybridized carbons (Fsp3) is 0.600. The van der Waals surface area contributed by atoms with Gasteiger partial charge in [-0.25, -0.2) is 0 Å². The second-order valence-electron chi connectivity index (χ2n) is 5.58. The van der Waals surface area contributed by atoms with Crippen LogP contribution in [0.4, 0.5) is 0 Å². The quantitative estimate of drug-likeness (QED) is 0.885. The monoisotopic (exact) mass is 267 g/mol. The summed E-state index contributed by atoms with van der Waals surface area (Å²) in [5.41, 5.74) is 8.59. The van der Waals surface area contributed by atoms with Crippen molar-refractivity contribution in [1.82, 2.24) is 0 Å². The molecule has 0 radical (unpaired) electrons. The number of hydrogen-bond acceptors (Lipinski definition) is 2. The third kappa shape index (κ3) is 3.39. The maximum atomic E-state index is 6.14. The van der Waals surface area contributed by atoms with Gasteiger partial charge in [0.05, 0.1) is 6.61 Å². The Bertz CT molecular complexity index is 417. The van der Waals surface area contributed by atoms with Crippen LogP contribution >= 0.6 is 11.6 Å². The van der Waals surface area contributed by atoms with Gasteiger partial charge in [-0.3, -0.25) is 0 Å². The van der Waals surface area contributed by atoms with Gasteiger partial charge in [0, 0.05) is 17.5 Å². The van der Waals surface area contributed by atoms with E-state index in [1.165, 1.54) is 11.1 Å². The minimum Gasteiger partial charge on any atom is -0.493 e. The highest BCUT2D eigenvalue weighted by Crippen LogP contribution is 2.33. The summed E-state index contributed by atoms with van der Waals surface area (Å²) >= 11 is 6.14. The molecule has 1 heterocycles. The Balaban J connectivity index is 2.01. The summed E-state index contributed by atoms with van der Waals surface area (Å²) in [5.74, 6) is 1.71. The summed E-state index contributed by atoms with van der Waals surface area (Å²) in [5, 5.41) is 0.812. The van der Waals surface area contributed by atoms with Crippen LogP contribution in [-0.2, 0) is 12.8 Å². The smallest absolute Gasteiger partial charge is 0.125 e. The first-order valence-electron chi connectivity index (χ1n) is 6.76. The van der Waals surface area contributed by atoms with Crippen LogP contribution in [-0.4, -0.2) is 12.6 Å². The Kier molecular flexibility index (Phi) is 4.52. The largest absolute Gasteiger partial charge is 0.493 e. The van der Waals surface area contributed by atoms with Gasteiger partial charge >= 0.3 is 0 Å². The van der Waals surface area contributed by atoms with Gasteiger partial charge < -0.3 is 10.5 Å². The number of nitrogens with two attached hydrogens (primary N) is 1. The molecule has 0 aliphatic carbocycles. The molecule has 0 bridgehead atoms. The summed E-state index contributed by atoms with van der Waals surface area (Å²) in [4.78, 5) is 0. The van der Waals surface area contributed by atoms with Crippen LogP contribution in [0.25, 0.3) is 0 Å². The van der Waals surface area contributed by atoms with Crippen LogP contribution < -0.4 is 10.5 Å². The molecule has 0 aromatic heterocycles. The van der Waals surface area contributed by atoms with Crippen molar-refractivity contribution in [2.75, 3.05) is 6.61 Å². The van der Waals surface area contributed by atoms with E-state index >= 15 is 0 Å². The molecule has 1 atom stereocenters. The zero-order valence-corrected chi connectivity index (χ0v) is 12.0. The molecule has 1 aromatic carbocycles. The van der Waals surface area contributed by atoms with Crippen molar-refractivity contribution in [1.29, 1.82) is 0 Å². The normalized spacial score (nSPS) is 15.6.